The molecule has 1 aromatic rings. The minimum absolute atomic E-state index is 0.295. The Balaban J connectivity index is 2.89. The van der Waals surface area contributed by atoms with Gasteiger partial charge in [0, 0.05) is 0 Å². The van der Waals surface area contributed by atoms with Crippen molar-refractivity contribution in [2.75, 3.05) is 0 Å². The zero-order chi connectivity index (χ0) is 9.14. The van der Waals surface area contributed by atoms with Crippen LogP contribution in [0.4, 0.5) is 4.39 Å². The molecule has 64 valence electrons. The molecule has 0 aliphatic carbocycles. The summed E-state index contributed by atoms with van der Waals surface area (Å²) in [5.74, 6) is -1.27. The van der Waals surface area contributed by atoms with E-state index in [1.54, 1.807) is 0 Å². The molecule has 3 N–H and O–H groups in total. The molecule has 1 aromatic carbocycles. The highest BCUT2D eigenvalue weighted by molar-refractivity contribution is 5.79. The number of hydrogen-bond donors (Lipinski definition) is 2. The lowest BCUT2D eigenvalue weighted by Crippen LogP contribution is -2.20. The third kappa shape index (κ3) is 1.79. The molecule has 0 unspecified atom stereocenters. The van der Waals surface area contributed by atoms with Crippen LogP contribution in [0.2, 0.25) is 0 Å². The van der Waals surface area contributed by atoms with Crippen molar-refractivity contribution >= 4 is 5.91 Å². The number of nitrogens with two attached hydrogens (primary N) is 1. The van der Waals surface area contributed by atoms with Crippen molar-refractivity contribution in [1.29, 1.82) is 0 Å². The van der Waals surface area contributed by atoms with Crippen molar-refractivity contribution in [3.63, 3.8) is 0 Å². The molecule has 4 heteroatoms. The highest BCUT2D eigenvalue weighted by atomic mass is 19.1. The Bertz CT molecular complexity index is 284. The normalized spacial score (nSPS) is 12.5. The minimum Gasteiger partial charge on any atom is -0.378 e. The number of amides is 1. The predicted molar refractivity (Wildman–Crippen MR) is 40.6 cm³/mol. The molecule has 3 nitrogen and oxygen atoms in total. The van der Waals surface area contributed by atoms with Gasteiger partial charge in [-0.3, -0.25) is 4.79 Å². The van der Waals surface area contributed by atoms with E-state index in [1.165, 1.54) is 12.1 Å². The van der Waals surface area contributed by atoms with Crippen LogP contribution in [0.5, 0.6) is 0 Å². The highest BCUT2D eigenvalue weighted by Gasteiger charge is 2.12. The van der Waals surface area contributed by atoms with Crippen molar-refractivity contribution in [1.82, 2.24) is 0 Å². The van der Waals surface area contributed by atoms with Gasteiger partial charge < -0.3 is 10.8 Å². The number of aliphatic hydroxyl groups excluding tert-OH is 1. The van der Waals surface area contributed by atoms with Gasteiger partial charge in [-0.05, 0) is 17.7 Å². The van der Waals surface area contributed by atoms with Crippen LogP contribution in [0.25, 0.3) is 0 Å². The van der Waals surface area contributed by atoms with E-state index in [0.717, 1.165) is 12.1 Å². The molecule has 0 aliphatic rings. The number of halogens is 1. The van der Waals surface area contributed by atoms with Crippen LogP contribution in [-0.4, -0.2) is 11.0 Å². The summed E-state index contributed by atoms with van der Waals surface area (Å²) >= 11 is 0. The molecular weight excluding hydrogens is 161 g/mol. The Morgan fingerprint density at radius 2 is 1.92 bits per heavy atom. The molecule has 1 rings (SSSR count). The van der Waals surface area contributed by atoms with Crippen LogP contribution < -0.4 is 5.73 Å². The van der Waals surface area contributed by atoms with Crippen molar-refractivity contribution in [3.8, 4) is 0 Å². The van der Waals surface area contributed by atoms with Crippen LogP contribution in [0.3, 0.4) is 0 Å². The van der Waals surface area contributed by atoms with E-state index in [0.29, 0.717) is 5.56 Å². The Labute approximate surface area is 68.6 Å². The zero-order valence-electron chi connectivity index (χ0n) is 6.20. The summed E-state index contributed by atoms with van der Waals surface area (Å²) in [7, 11) is 0. The van der Waals surface area contributed by atoms with E-state index >= 15 is 0 Å². The molecule has 0 aromatic heterocycles. The van der Waals surface area contributed by atoms with Crippen LogP contribution in [0, 0.1) is 5.82 Å². The second-order valence-corrected chi connectivity index (χ2v) is 2.36. The van der Waals surface area contributed by atoms with Crippen molar-refractivity contribution in [2.45, 2.75) is 6.10 Å². The second kappa shape index (κ2) is 3.32. The van der Waals surface area contributed by atoms with Gasteiger partial charge in [0.2, 0.25) is 0 Å². The van der Waals surface area contributed by atoms with Crippen molar-refractivity contribution < 1.29 is 14.3 Å². The van der Waals surface area contributed by atoms with Gasteiger partial charge >= 0.3 is 0 Å². The monoisotopic (exact) mass is 169 g/mol. The Hall–Kier alpha value is -1.42. The van der Waals surface area contributed by atoms with Gasteiger partial charge in [-0.15, -0.1) is 0 Å². The third-order valence-corrected chi connectivity index (χ3v) is 1.46. The van der Waals surface area contributed by atoms with Gasteiger partial charge in [0.15, 0.2) is 6.10 Å². The molecule has 12 heavy (non-hydrogen) atoms. The van der Waals surface area contributed by atoms with Gasteiger partial charge in [0.25, 0.3) is 5.91 Å². The molecule has 0 fully saturated rings. The molecule has 0 aliphatic heterocycles. The topological polar surface area (TPSA) is 63.3 Å². The fourth-order valence-electron chi connectivity index (χ4n) is 0.809. The Morgan fingerprint density at radius 1 is 1.42 bits per heavy atom. The summed E-state index contributed by atoms with van der Waals surface area (Å²) < 4.78 is 12.4. The molecule has 0 heterocycles. The number of carbonyl (C=O) groups is 1. The fraction of sp³-hybridized carbons (Fsp3) is 0.125. The predicted octanol–water partition coefficient (Wildman–Crippen LogP) is 0.344. The maximum atomic E-state index is 12.4. The highest BCUT2D eigenvalue weighted by Crippen LogP contribution is 2.12. The lowest BCUT2D eigenvalue weighted by Gasteiger charge is -2.05. The molecule has 0 spiro atoms. The van der Waals surface area contributed by atoms with Gasteiger partial charge in [0.1, 0.15) is 5.82 Å². The molecule has 1 atom stereocenters. The van der Waals surface area contributed by atoms with Crippen molar-refractivity contribution in [2.24, 2.45) is 5.73 Å². The van der Waals surface area contributed by atoms with E-state index in [9.17, 15) is 9.18 Å². The van der Waals surface area contributed by atoms with Gasteiger partial charge in [0.05, 0.1) is 0 Å². The summed E-state index contributed by atoms with van der Waals surface area (Å²) in [6.45, 7) is 0. The number of rotatable bonds is 2. The maximum Gasteiger partial charge on any atom is 0.250 e. The number of hydrogen-bond acceptors (Lipinski definition) is 2. The van der Waals surface area contributed by atoms with E-state index in [1.807, 2.05) is 0 Å². The van der Waals surface area contributed by atoms with Crippen LogP contribution in [-0.2, 0) is 4.79 Å². The first kappa shape index (κ1) is 8.67. The SMILES string of the molecule is NC(=O)[C@@H](O)c1ccc(F)cc1. The summed E-state index contributed by atoms with van der Waals surface area (Å²) in [5, 5.41) is 9.09. The smallest absolute Gasteiger partial charge is 0.250 e. The van der Waals surface area contributed by atoms with Gasteiger partial charge in [-0.1, -0.05) is 12.1 Å². The summed E-state index contributed by atoms with van der Waals surface area (Å²) in [4.78, 5) is 10.5. The second-order valence-electron chi connectivity index (χ2n) is 2.36. The third-order valence-electron chi connectivity index (χ3n) is 1.46. The van der Waals surface area contributed by atoms with E-state index in [2.05, 4.69) is 0 Å². The van der Waals surface area contributed by atoms with Crippen LogP contribution in [0.15, 0.2) is 24.3 Å². The summed E-state index contributed by atoms with van der Waals surface area (Å²) in [6, 6.07) is 4.93. The zero-order valence-corrected chi connectivity index (χ0v) is 6.20. The van der Waals surface area contributed by atoms with E-state index in [4.69, 9.17) is 10.8 Å². The molecule has 0 saturated carbocycles. The lowest BCUT2D eigenvalue weighted by atomic mass is 10.1. The van der Waals surface area contributed by atoms with E-state index < -0.39 is 17.8 Å². The minimum atomic E-state index is -1.36. The number of aliphatic hydroxyl groups is 1. The fourth-order valence-corrected chi connectivity index (χ4v) is 0.809. The number of primary amides is 1. The number of carbonyl (C=O) groups excluding carboxylic acids is 1. The Kier molecular flexibility index (Phi) is 2.40. The average Bonchev–Trinajstić information content (AvgIpc) is 2.04. The first-order valence-electron chi connectivity index (χ1n) is 3.34. The first-order chi connectivity index (χ1) is 5.61. The number of benzene rings is 1. The molecule has 0 bridgehead atoms. The Morgan fingerprint density at radius 3 is 2.33 bits per heavy atom. The van der Waals surface area contributed by atoms with E-state index in [-0.39, 0.29) is 0 Å². The quantitative estimate of drug-likeness (QED) is 0.670. The molecular formula is C8H8FNO2. The largest absolute Gasteiger partial charge is 0.378 e. The lowest BCUT2D eigenvalue weighted by molar-refractivity contribution is -0.126. The summed E-state index contributed by atoms with van der Waals surface area (Å²) in [6.07, 6.45) is -1.36. The first-order valence-corrected chi connectivity index (χ1v) is 3.34. The standard InChI is InChI=1S/C8H8FNO2/c9-6-3-1-5(2-4-6)7(11)8(10)12/h1-4,7,11H,(H2,10,12)/t7-/m0/s1. The average molecular weight is 169 g/mol. The molecule has 0 radical (unpaired) electrons. The van der Waals surface area contributed by atoms with Crippen LogP contribution in [0.1, 0.15) is 11.7 Å². The molecule has 0 saturated heterocycles. The summed E-state index contributed by atoms with van der Waals surface area (Å²) in [5.41, 5.74) is 5.12. The van der Waals surface area contributed by atoms with Crippen molar-refractivity contribution in [3.05, 3.63) is 35.6 Å². The maximum absolute atomic E-state index is 12.4. The van der Waals surface area contributed by atoms with Gasteiger partial charge in [-0.25, -0.2) is 4.39 Å². The van der Waals surface area contributed by atoms with Gasteiger partial charge in [-0.2, -0.15) is 0 Å². The van der Waals surface area contributed by atoms with Crippen LogP contribution >= 0.6 is 0 Å². The molecule has 1 amide bonds.